The van der Waals surface area contributed by atoms with E-state index < -0.39 is 0 Å². The van der Waals surface area contributed by atoms with Gasteiger partial charge in [0.05, 0.1) is 17.7 Å². The second kappa shape index (κ2) is 5.72. The van der Waals surface area contributed by atoms with Crippen molar-refractivity contribution in [3.05, 3.63) is 65.9 Å². The monoisotopic (exact) mass is 305 g/mol. The molecule has 0 saturated heterocycles. The van der Waals surface area contributed by atoms with Crippen molar-refractivity contribution < 1.29 is 14.3 Å². The largest absolute Gasteiger partial charge is 0.492 e. The molecule has 0 bridgehead atoms. The summed E-state index contributed by atoms with van der Waals surface area (Å²) in [7, 11) is 0. The molecule has 0 spiro atoms. The first-order chi connectivity index (χ1) is 11.3. The van der Waals surface area contributed by atoms with E-state index in [1.807, 2.05) is 36.4 Å². The minimum Gasteiger partial charge on any atom is -0.492 e. The number of ketones is 1. The van der Waals surface area contributed by atoms with Gasteiger partial charge in [0.25, 0.3) is 0 Å². The lowest BCUT2D eigenvalue weighted by atomic mass is 10.1. The Labute approximate surface area is 133 Å². The number of benzene rings is 2. The number of hydrogen-bond acceptors (Lipinski definition) is 4. The standard InChI is InChI=1S/C19H15NO3/c21-18-8-10-22-19-11-14(5-6-16(18)19)23-12-13-7-9-20-17-4-2-1-3-15(13)17/h1-7,9,11H,8,10,12H2. The van der Waals surface area contributed by atoms with Crippen LogP contribution in [0.3, 0.4) is 0 Å². The number of fused-ring (bicyclic) bond motifs is 2. The predicted octanol–water partition coefficient (Wildman–Crippen LogP) is 3.78. The maximum absolute atomic E-state index is 11.8. The quantitative estimate of drug-likeness (QED) is 0.739. The highest BCUT2D eigenvalue weighted by molar-refractivity contribution is 5.99. The number of hydrogen-bond donors (Lipinski definition) is 0. The van der Waals surface area contributed by atoms with Gasteiger partial charge in [0.15, 0.2) is 5.78 Å². The second-order valence-electron chi connectivity index (χ2n) is 5.46. The van der Waals surface area contributed by atoms with Gasteiger partial charge in [0.2, 0.25) is 0 Å². The molecule has 0 atom stereocenters. The summed E-state index contributed by atoms with van der Waals surface area (Å²) in [6, 6.07) is 15.3. The molecular weight excluding hydrogens is 290 g/mol. The van der Waals surface area contributed by atoms with Gasteiger partial charge >= 0.3 is 0 Å². The van der Waals surface area contributed by atoms with Crippen molar-refractivity contribution in [3.8, 4) is 11.5 Å². The summed E-state index contributed by atoms with van der Waals surface area (Å²) in [5, 5.41) is 1.08. The Morgan fingerprint density at radius 2 is 2.04 bits per heavy atom. The third kappa shape index (κ3) is 2.63. The summed E-state index contributed by atoms with van der Waals surface area (Å²) >= 11 is 0. The molecule has 0 saturated carbocycles. The van der Waals surface area contributed by atoms with Gasteiger partial charge in [-0.1, -0.05) is 18.2 Å². The molecule has 0 radical (unpaired) electrons. The Morgan fingerprint density at radius 3 is 3.00 bits per heavy atom. The number of Topliss-reactive ketones (excluding diaryl/α,β-unsaturated/α-hetero) is 1. The summed E-state index contributed by atoms with van der Waals surface area (Å²) in [5.41, 5.74) is 2.66. The van der Waals surface area contributed by atoms with Crippen LogP contribution >= 0.6 is 0 Å². The Morgan fingerprint density at radius 1 is 1.13 bits per heavy atom. The Kier molecular flexibility index (Phi) is 3.42. The van der Waals surface area contributed by atoms with Gasteiger partial charge in [0, 0.05) is 29.6 Å². The zero-order valence-electron chi connectivity index (χ0n) is 12.5. The van der Waals surface area contributed by atoms with Gasteiger partial charge < -0.3 is 9.47 Å². The van der Waals surface area contributed by atoms with Crippen molar-refractivity contribution >= 4 is 16.7 Å². The fraction of sp³-hybridized carbons (Fsp3) is 0.158. The Hall–Kier alpha value is -2.88. The number of ether oxygens (including phenoxy) is 2. The number of aromatic nitrogens is 1. The minimum atomic E-state index is 0.123. The Bertz CT molecular complexity index is 883. The molecule has 2 heterocycles. The van der Waals surface area contributed by atoms with E-state index >= 15 is 0 Å². The highest BCUT2D eigenvalue weighted by atomic mass is 16.5. The maximum Gasteiger partial charge on any atom is 0.169 e. The van der Waals surface area contributed by atoms with Crippen molar-refractivity contribution in [2.45, 2.75) is 13.0 Å². The normalized spacial score (nSPS) is 13.5. The molecule has 1 aliphatic rings. The van der Waals surface area contributed by atoms with Crippen LogP contribution in [0.5, 0.6) is 11.5 Å². The average molecular weight is 305 g/mol. The van der Waals surface area contributed by atoms with Crippen LogP contribution in [-0.4, -0.2) is 17.4 Å². The van der Waals surface area contributed by atoms with Gasteiger partial charge in [0.1, 0.15) is 18.1 Å². The van der Waals surface area contributed by atoms with Gasteiger partial charge in [-0.3, -0.25) is 9.78 Å². The number of rotatable bonds is 3. The molecule has 23 heavy (non-hydrogen) atoms. The van der Waals surface area contributed by atoms with Crippen LogP contribution in [0, 0.1) is 0 Å². The summed E-state index contributed by atoms with van der Waals surface area (Å²) in [4.78, 5) is 16.1. The smallest absolute Gasteiger partial charge is 0.169 e. The van der Waals surface area contributed by atoms with E-state index in [2.05, 4.69) is 4.98 Å². The van der Waals surface area contributed by atoms with E-state index in [4.69, 9.17) is 9.47 Å². The lowest BCUT2D eigenvalue weighted by Crippen LogP contribution is -2.15. The zero-order chi connectivity index (χ0) is 15.6. The lowest BCUT2D eigenvalue weighted by molar-refractivity contribution is 0.0933. The van der Waals surface area contributed by atoms with Crippen LogP contribution < -0.4 is 9.47 Å². The van der Waals surface area contributed by atoms with Crippen molar-refractivity contribution in [1.29, 1.82) is 0 Å². The molecule has 4 nitrogen and oxygen atoms in total. The summed E-state index contributed by atoms with van der Waals surface area (Å²) in [6.45, 7) is 0.875. The minimum absolute atomic E-state index is 0.123. The second-order valence-corrected chi connectivity index (χ2v) is 5.46. The highest BCUT2D eigenvalue weighted by Gasteiger charge is 2.18. The molecular formula is C19H15NO3. The fourth-order valence-corrected chi connectivity index (χ4v) is 2.77. The number of pyridine rings is 1. The van der Waals surface area contributed by atoms with Crippen LogP contribution in [0.2, 0.25) is 0 Å². The van der Waals surface area contributed by atoms with Crippen LogP contribution in [0.1, 0.15) is 22.3 Å². The molecule has 0 N–H and O–H groups in total. The maximum atomic E-state index is 11.8. The van der Waals surface area contributed by atoms with E-state index in [9.17, 15) is 4.79 Å². The van der Waals surface area contributed by atoms with Crippen molar-refractivity contribution in [1.82, 2.24) is 4.98 Å². The van der Waals surface area contributed by atoms with E-state index in [1.165, 1.54) is 0 Å². The Balaban J connectivity index is 1.58. The van der Waals surface area contributed by atoms with Crippen LogP contribution in [0.25, 0.3) is 10.9 Å². The lowest BCUT2D eigenvalue weighted by Gasteiger charge is -2.17. The predicted molar refractivity (Wildman–Crippen MR) is 87.0 cm³/mol. The summed E-state index contributed by atoms with van der Waals surface area (Å²) in [6.07, 6.45) is 2.23. The number of para-hydroxylation sites is 1. The van der Waals surface area contributed by atoms with Gasteiger partial charge in [-0.05, 0) is 24.3 Å². The van der Waals surface area contributed by atoms with Gasteiger partial charge in [-0.25, -0.2) is 0 Å². The molecule has 114 valence electrons. The van der Waals surface area contributed by atoms with E-state index in [-0.39, 0.29) is 5.78 Å². The first-order valence-electron chi connectivity index (χ1n) is 7.57. The van der Waals surface area contributed by atoms with Crippen LogP contribution in [0.4, 0.5) is 0 Å². The molecule has 0 unspecified atom stereocenters. The topological polar surface area (TPSA) is 48.4 Å². The van der Waals surface area contributed by atoms with Gasteiger partial charge in [-0.2, -0.15) is 0 Å². The third-order valence-corrected chi connectivity index (χ3v) is 3.97. The first-order valence-corrected chi connectivity index (χ1v) is 7.57. The van der Waals surface area contributed by atoms with Crippen molar-refractivity contribution in [2.24, 2.45) is 0 Å². The summed E-state index contributed by atoms with van der Waals surface area (Å²) < 4.78 is 11.4. The van der Waals surface area contributed by atoms with Crippen LogP contribution in [0.15, 0.2) is 54.7 Å². The molecule has 3 aromatic rings. The van der Waals surface area contributed by atoms with Gasteiger partial charge in [-0.15, -0.1) is 0 Å². The van der Waals surface area contributed by atoms with Crippen molar-refractivity contribution in [3.63, 3.8) is 0 Å². The molecule has 4 heteroatoms. The molecule has 1 aliphatic heterocycles. The third-order valence-electron chi connectivity index (χ3n) is 3.97. The first kappa shape index (κ1) is 13.8. The number of carbonyl (C=O) groups excluding carboxylic acids is 1. The van der Waals surface area contributed by atoms with Crippen molar-refractivity contribution in [2.75, 3.05) is 6.61 Å². The SMILES string of the molecule is O=C1CCOc2cc(OCc3ccnc4ccccc34)ccc21. The highest BCUT2D eigenvalue weighted by Crippen LogP contribution is 2.29. The molecule has 0 fully saturated rings. The average Bonchev–Trinajstić information content (AvgIpc) is 2.60. The fourth-order valence-electron chi connectivity index (χ4n) is 2.77. The van der Waals surface area contributed by atoms with E-state index in [0.717, 1.165) is 16.5 Å². The molecule has 0 amide bonds. The molecule has 2 aromatic carbocycles. The number of carbonyl (C=O) groups is 1. The van der Waals surface area contributed by atoms with E-state index in [1.54, 1.807) is 18.3 Å². The molecule has 4 rings (SSSR count). The van der Waals surface area contributed by atoms with E-state index in [0.29, 0.717) is 36.7 Å². The summed E-state index contributed by atoms with van der Waals surface area (Å²) in [5.74, 6) is 1.43. The molecule has 0 aliphatic carbocycles. The zero-order valence-corrected chi connectivity index (χ0v) is 12.5. The molecule has 1 aromatic heterocycles. The number of nitrogens with zero attached hydrogens (tertiary/aromatic N) is 1. The van der Waals surface area contributed by atoms with Crippen LogP contribution in [-0.2, 0) is 6.61 Å².